The lowest BCUT2D eigenvalue weighted by Crippen LogP contribution is -2.25. The summed E-state index contributed by atoms with van der Waals surface area (Å²) in [6.45, 7) is 2.59. The summed E-state index contributed by atoms with van der Waals surface area (Å²) in [7, 11) is 0. The van der Waals surface area contributed by atoms with Gasteiger partial charge >= 0.3 is 5.97 Å². The van der Waals surface area contributed by atoms with E-state index in [1.165, 1.54) is 0 Å². The Kier molecular flexibility index (Phi) is 3.57. The maximum atomic E-state index is 11.8. The van der Waals surface area contributed by atoms with E-state index in [4.69, 9.17) is 9.47 Å². The normalized spacial score (nSPS) is 20.4. The highest BCUT2D eigenvalue weighted by atomic mass is 16.7. The molecule has 0 aromatic heterocycles. The zero-order valence-electron chi connectivity index (χ0n) is 9.44. The van der Waals surface area contributed by atoms with Crippen molar-refractivity contribution in [3.63, 3.8) is 0 Å². The lowest BCUT2D eigenvalue weighted by atomic mass is 10.1. The maximum Gasteiger partial charge on any atom is 0.340 e. The van der Waals surface area contributed by atoms with Crippen LogP contribution in [0.5, 0.6) is 0 Å². The molecule has 0 amide bonds. The first-order chi connectivity index (χ1) is 7.77. The molecular weight excluding hydrogens is 204 g/mol. The Morgan fingerprint density at radius 1 is 1.38 bits per heavy atom. The van der Waals surface area contributed by atoms with Crippen LogP contribution in [0.25, 0.3) is 0 Å². The second-order valence-corrected chi connectivity index (χ2v) is 4.02. The Morgan fingerprint density at radius 2 is 2.19 bits per heavy atom. The molecule has 86 valence electrons. The average Bonchev–Trinajstić information content (AvgIpc) is 2.31. The number of esters is 1. The van der Waals surface area contributed by atoms with E-state index in [9.17, 15) is 4.79 Å². The van der Waals surface area contributed by atoms with Gasteiger partial charge in [-0.15, -0.1) is 0 Å². The SMILES string of the molecule is Cc1ccccc1C(=O)OC1CCCCO1. The van der Waals surface area contributed by atoms with Crippen LogP contribution in [0.2, 0.25) is 0 Å². The van der Waals surface area contributed by atoms with Crippen molar-refractivity contribution in [2.75, 3.05) is 6.61 Å². The fourth-order valence-electron chi connectivity index (χ4n) is 1.79. The highest BCUT2D eigenvalue weighted by Crippen LogP contribution is 2.16. The number of aryl methyl sites for hydroxylation is 1. The van der Waals surface area contributed by atoms with Crippen molar-refractivity contribution in [2.45, 2.75) is 32.5 Å². The second-order valence-electron chi connectivity index (χ2n) is 4.02. The monoisotopic (exact) mass is 220 g/mol. The Hall–Kier alpha value is -1.35. The van der Waals surface area contributed by atoms with Crippen LogP contribution < -0.4 is 0 Å². The molecule has 0 aliphatic carbocycles. The minimum atomic E-state index is -0.360. The van der Waals surface area contributed by atoms with Gasteiger partial charge in [0.1, 0.15) is 0 Å². The summed E-state index contributed by atoms with van der Waals surface area (Å²) in [5, 5.41) is 0. The van der Waals surface area contributed by atoms with Crippen LogP contribution in [-0.4, -0.2) is 18.9 Å². The van der Waals surface area contributed by atoms with Gasteiger partial charge in [-0.2, -0.15) is 0 Å². The molecule has 0 radical (unpaired) electrons. The van der Waals surface area contributed by atoms with Gasteiger partial charge in [0.05, 0.1) is 12.2 Å². The van der Waals surface area contributed by atoms with Gasteiger partial charge in [-0.3, -0.25) is 0 Å². The molecule has 1 unspecified atom stereocenters. The van der Waals surface area contributed by atoms with Gasteiger partial charge in [0.15, 0.2) is 0 Å². The number of carbonyl (C=O) groups excluding carboxylic acids is 1. The molecule has 0 saturated carbocycles. The first-order valence-electron chi connectivity index (χ1n) is 5.65. The van der Waals surface area contributed by atoms with Crippen molar-refractivity contribution in [1.82, 2.24) is 0 Å². The van der Waals surface area contributed by atoms with Crippen molar-refractivity contribution in [2.24, 2.45) is 0 Å². The van der Waals surface area contributed by atoms with Gasteiger partial charge in [0, 0.05) is 6.42 Å². The average molecular weight is 220 g/mol. The van der Waals surface area contributed by atoms with E-state index in [1.54, 1.807) is 6.07 Å². The third kappa shape index (κ3) is 2.61. The molecule has 1 aliphatic rings. The minimum absolute atomic E-state index is 0.287. The lowest BCUT2D eigenvalue weighted by molar-refractivity contribution is -0.131. The summed E-state index contributed by atoms with van der Waals surface area (Å²) >= 11 is 0. The molecule has 1 heterocycles. The fourth-order valence-corrected chi connectivity index (χ4v) is 1.79. The molecule has 1 aromatic carbocycles. The third-order valence-electron chi connectivity index (χ3n) is 2.74. The molecule has 2 rings (SSSR count). The van der Waals surface area contributed by atoms with Gasteiger partial charge in [-0.1, -0.05) is 18.2 Å². The summed E-state index contributed by atoms with van der Waals surface area (Å²) in [5.74, 6) is -0.287. The maximum absolute atomic E-state index is 11.8. The number of ether oxygens (including phenoxy) is 2. The minimum Gasteiger partial charge on any atom is -0.432 e. The van der Waals surface area contributed by atoms with Crippen LogP contribution in [0.1, 0.15) is 35.2 Å². The Labute approximate surface area is 95.4 Å². The molecule has 1 atom stereocenters. The van der Waals surface area contributed by atoms with Gasteiger partial charge in [-0.05, 0) is 31.4 Å². The van der Waals surface area contributed by atoms with Crippen molar-refractivity contribution in [1.29, 1.82) is 0 Å². The van der Waals surface area contributed by atoms with E-state index < -0.39 is 0 Å². The first-order valence-corrected chi connectivity index (χ1v) is 5.65. The summed E-state index contributed by atoms with van der Waals surface area (Å²) < 4.78 is 10.7. The van der Waals surface area contributed by atoms with Crippen molar-refractivity contribution < 1.29 is 14.3 Å². The Morgan fingerprint density at radius 3 is 2.88 bits per heavy atom. The second kappa shape index (κ2) is 5.12. The summed E-state index contributed by atoms with van der Waals surface area (Å²) in [6.07, 6.45) is 2.56. The van der Waals surface area contributed by atoms with E-state index in [0.29, 0.717) is 12.2 Å². The van der Waals surface area contributed by atoms with E-state index in [2.05, 4.69) is 0 Å². The number of hydrogen-bond acceptors (Lipinski definition) is 3. The van der Waals surface area contributed by atoms with Crippen molar-refractivity contribution in [3.8, 4) is 0 Å². The van der Waals surface area contributed by atoms with Crippen LogP contribution in [0, 0.1) is 6.92 Å². The molecule has 1 aliphatic heterocycles. The van der Waals surface area contributed by atoms with Crippen LogP contribution in [0.3, 0.4) is 0 Å². The topological polar surface area (TPSA) is 35.5 Å². The van der Waals surface area contributed by atoms with Gasteiger partial charge < -0.3 is 9.47 Å². The molecule has 0 bridgehead atoms. The van der Waals surface area contributed by atoms with Gasteiger partial charge in [-0.25, -0.2) is 4.79 Å². The van der Waals surface area contributed by atoms with Crippen LogP contribution in [0.4, 0.5) is 0 Å². The molecule has 0 spiro atoms. The number of carbonyl (C=O) groups is 1. The highest BCUT2D eigenvalue weighted by Gasteiger charge is 2.19. The van der Waals surface area contributed by atoms with Crippen LogP contribution in [0.15, 0.2) is 24.3 Å². The quantitative estimate of drug-likeness (QED) is 0.719. The molecule has 3 heteroatoms. The number of rotatable bonds is 2. The van der Waals surface area contributed by atoms with Gasteiger partial charge in [0.25, 0.3) is 0 Å². The summed E-state index contributed by atoms with van der Waals surface area (Å²) in [5.41, 5.74) is 1.56. The lowest BCUT2D eigenvalue weighted by Gasteiger charge is -2.22. The fraction of sp³-hybridized carbons (Fsp3) is 0.462. The van der Waals surface area contributed by atoms with Crippen LogP contribution in [-0.2, 0) is 9.47 Å². The largest absolute Gasteiger partial charge is 0.432 e. The molecular formula is C13H16O3. The molecule has 3 nitrogen and oxygen atoms in total. The molecule has 1 aromatic rings. The Balaban J connectivity index is 2.00. The molecule has 0 N–H and O–H groups in total. The zero-order chi connectivity index (χ0) is 11.4. The summed E-state index contributed by atoms with van der Waals surface area (Å²) in [6, 6.07) is 7.42. The predicted octanol–water partition coefficient (Wildman–Crippen LogP) is 2.68. The summed E-state index contributed by atoms with van der Waals surface area (Å²) in [4.78, 5) is 11.8. The third-order valence-corrected chi connectivity index (χ3v) is 2.74. The van der Waals surface area contributed by atoms with Gasteiger partial charge in [0.2, 0.25) is 6.29 Å². The Bertz CT molecular complexity index is 367. The van der Waals surface area contributed by atoms with Crippen molar-refractivity contribution in [3.05, 3.63) is 35.4 Å². The molecule has 16 heavy (non-hydrogen) atoms. The number of benzene rings is 1. The molecule has 1 saturated heterocycles. The van der Waals surface area contributed by atoms with E-state index in [1.807, 2.05) is 25.1 Å². The zero-order valence-corrected chi connectivity index (χ0v) is 9.44. The van der Waals surface area contributed by atoms with Crippen molar-refractivity contribution >= 4 is 5.97 Å². The predicted molar refractivity (Wildman–Crippen MR) is 60.2 cm³/mol. The first kappa shape index (κ1) is 11.1. The van der Waals surface area contributed by atoms with E-state index in [-0.39, 0.29) is 12.3 Å². The van der Waals surface area contributed by atoms with Crippen LogP contribution >= 0.6 is 0 Å². The smallest absolute Gasteiger partial charge is 0.340 e. The van der Waals surface area contributed by atoms with E-state index in [0.717, 1.165) is 24.8 Å². The standard InChI is InChI=1S/C13H16O3/c1-10-6-2-3-7-11(10)13(14)16-12-8-4-5-9-15-12/h2-3,6-7,12H,4-5,8-9H2,1H3. The van der Waals surface area contributed by atoms with E-state index >= 15 is 0 Å². The highest BCUT2D eigenvalue weighted by molar-refractivity contribution is 5.91. The number of hydrogen-bond donors (Lipinski definition) is 0. The molecule has 1 fully saturated rings.